The van der Waals surface area contributed by atoms with Gasteiger partial charge in [-0.2, -0.15) is 13.2 Å². The first-order valence-corrected chi connectivity index (χ1v) is 10.3. The molecule has 2 aliphatic rings. The van der Waals surface area contributed by atoms with Crippen LogP contribution in [-0.4, -0.2) is 49.2 Å². The Bertz CT molecular complexity index is 962. The van der Waals surface area contributed by atoms with Gasteiger partial charge in [0.05, 0.1) is 11.5 Å². The second-order valence-corrected chi connectivity index (χ2v) is 7.86. The molecule has 1 aromatic carbocycles. The van der Waals surface area contributed by atoms with Crippen molar-refractivity contribution in [3.63, 3.8) is 0 Å². The van der Waals surface area contributed by atoms with Gasteiger partial charge in [0.1, 0.15) is 12.4 Å². The van der Waals surface area contributed by atoms with Crippen molar-refractivity contribution in [1.82, 2.24) is 10.3 Å². The molecular weight excluding hydrogens is 409 g/mol. The lowest BCUT2D eigenvalue weighted by Crippen LogP contribution is -2.45. The van der Waals surface area contributed by atoms with E-state index >= 15 is 0 Å². The number of anilines is 2. The van der Waals surface area contributed by atoms with Gasteiger partial charge in [0.15, 0.2) is 0 Å². The predicted molar refractivity (Wildman–Crippen MR) is 110 cm³/mol. The highest BCUT2D eigenvalue weighted by atomic mass is 19.4. The first-order chi connectivity index (χ1) is 14.8. The number of para-hydroxylation sites is 1. The minimum atomic E-state index is -4.43. The summed E-state index contributed by atoms with van der Waals surface area (Å²) in [7, 11) is 0. The maximum absolute atomic E-state index is 12.9. The summed E-state index contributed by atoms with van der Waals surface area (Å²) >= 11 is 0. The summed E-state index contributed by atoms with van der Waals surface area (Å²) in [4.78, 5) is 33.0. The van der Waals surface area contributed by atoms with Crippen LogP contribution in [0, 0.1) is 5.92 Å². The Labute approximate surface area is 178 Å². The fraction of sp³-hybridized carbons (Fsp3) is 0.409. The van der Waals surface area contributed by atoms with Gasteiger partial charge in [-0.15, -0.1) is 0 Å². The lowest BCUT2D eigenvalue weighted by molar-refractivity contribution is -0.140. The van der Waals surface area contributed by atoms with Gasteiger partial charge >= 0.3 is 6.18 Å². The number of hydrogen-bond acceptors (Lipinski definition) is 4. The van der Waals surface area contributed by atoms with Crippen LogP contribution in [-0.2, 0) is 11.2 Å². The molecule has 0 radical (unpaired) electrons. The lowest BCUT2D eigenvalue weighted by Gasteiger charge is -2.33. The van der Waals surface area contributed by atoms with Gasteiger partial charge < -0.3 is 15.1 Å². The minimum absolute atomic E-state index is 0.118. The van der Waals surface area contributed by atoms with Crippen molar-refractivity contribution < 1.29 is 22.8 Å². The number of carbonyl (C=O) groups excluding carboxylic acids is 2. The van der Waals surface area contributed by atoms with Gasteiger partial charge in [0, 0.05) is 31.5 Å². The van der Waals surface area contributed by atoms with Gasteiger partial charge in [0.25, 0.3) is 5.91 Å². The molecule has 1 aromatic heterocycles. The molecule has 2 aromatic rings. The molecule has 2 aliphatic heterocycles. The topological polar surface area (TPSA) is 65.5 Å². The van der Waals surface area contributed by atoms with Gasteiger partial charge in [-0.25, -0.2) is 4.98 Å². The molecule has 31 heavy (non-hydrogen) atoms. The van der Waals surface area contributed by atoms with Gasteiger partial charge in [-0.1, -0.05) is 18.2 Å². The van der Waals surface area contributed by atoms with Crippen LogP contribution in [0.1, 0.15) is 28.8 Å². The quantitative estimate of drug-likeness (QED) is 0.806. The van der Waals surface area contributed by atoms with Crippen molar-refractivity contribution in [1.29, 1.82) is 0 Å². The van der Waals surface area contributed by atoms with Crippen LogP contribution in [0.4, 0.5) is 24.7 Å². The summed E-state index contributed by atoms with van der Waals surface area (Å²) in [5, 5.41) is 1.97. The van der Waals surface area contributed by atoms with E-state index in [9.17, 15) is 22.8 Å². The smallest absolute Gasteiger partial charge is 0.356 e. The lowest BCUT2D eigenvalue weighted by atomic mass is 9.97. The number of aromatic nitrogens is 1. The zero-order chi connectivity index (χ0) is 22.0. The first-order valence-electron chi connectivity index (χ1n) is 10.3. The number of alkyl halides is 3. The van der Waals surface area contributed by atoms with Crippen LogP contribution in [0.25, 0.3) is 0 Å². The Hall–Kier alpha value is -3.10. The molecule has 6 nitrogen and oxygen atoms in total. The largest absolute Gasteiger partial charge is 0.405 e. The van der Waals surface area contributed by atoms with Crippen molar-refractivity contribution in [2.75, 3.05) is 36.0 Å². The van der Waals surface area contributed by atoms with E-state index in [4.69, 9.17) is 0 Å². The molecule has 1 saturated heterocycles. The Kier molecular flexibility index (Phi) is 5.84. The Morgan fingerprint density at radius 1 is 1.13 bits per heavy atom. The summed E-state index contributed by atoms with van der Waals surface area (Å²) in [6.45, 7) is 0.254. The van der Waals surface area contributed by atoms with Crippen molar-refractivity contribution in [2.24, 2.45) is 5.92 Å². The molecule has 0 bridgehead atoms. The fourth-order valence-corrected chi connectivity index (χ4v) is 4.14. The molecular formula is C22H23F3N4O2. The number of carbonyl (C=O) groups is 2. The van der Waals surface area contributed by atoms with Crippen LogP contribution in [0.2, 0.25) is 0 Å². The molecule has 1 N–H and O–H groups in total. The third-order valence-corrected chi connectivity index (χ3v) is 5.71. The molecule has 1 unspecified atom stereocenters. The Morgan fingerprint density at radius 2 is 1.94 bits per heavy atom. The Morgan fingerprint density at radius 3 is 2.68 bits per heavy atom. The molecule has 9 heteroatoms. The molecule has 3 heterocycles. The minimum Gasteiger partial charge on any atom is -0.356 e. The zero-order valence-electron chi connectivity index (χ0n) is 16.9. The van der Waals surface area contributed by atoms with E-state index in [0.717, 1.165) is 17.7 Å². The molecule has 2 amide bonds. The number of benzene rings is 1. The number of nitrogens with one attached hydrogen (secondary N) is 1. The van der Waals surface area contributed by atoms with Crippen molar-refractivity contribution in [3.05, 3.63) is 53.7 Å². The van der Waals surface area contributed by atoms with Gasteiger partial charge in [-0.05, 0) is 43.0 Å². The Balaban J connectivity index is 1.40. The molecule has 0 saturated carbocycles. The van der Waals surface area contributed by atoms with Crippen LogP contribution >= 0.6 is 0 Å². The van der Waals surface area contributed by atoms with E-state index < -0.39 is 24.5 Å². The maximum Gasteiger partial charge on any atom is 0.405 e. The van der Waals surface area contributed by atoms with E-state index in [1.807, 2.05) is 34.5 Å². The van der Waals surface area contributed by atoms with Crippen molar-refractivity contribution >= 4 is 23.3 Å². The first kappa shape index (κ1) is 21.1. The van der Waals surface area contributed by atoms with Gasteiger partial charge in [0.2, 0.25) is 5.91 Å². The fourth-order valence-electron chi connectivity index (χ4n) is 4.14. The average Bonchev–Trinajstić information content (AvgIpc) is 3.21. The zero-order valence-corrected chi connectivity index (χ0v) is 16.9. The summed E-state index contributed by atoms with van der Waals surface area (Å²) in [6.07, 6.45) is -0.878. The number of fused-ring (bicyclic) bond motifs is 1. The van der Waals surface area contributed by atoms with Gasteiger partial charge in [-0.3, -0.25) is 9.59 Å². The molecule has 0 aliphatic carbocycles. The van der Waals surface area contributed by atoms with E-state index in [0.29, 0.717) is 43.9 Å². The highest BCUT2D eigenvalue weighted by Gasteiger charge is 2.32. The van der Waals surface area contributed by atoms with Crippen LogP contribution in [0.3, 0.4) is 0 Å². The third-order valence-electron chi connectivity index (χ3n) is 5.71. The summed E-state index contributed by atoms with van der Waals surface area (Å²) in [6, 6.07) is 11.2. The number of halogens is 3. The molecule has 164 valence electrons. The van der Waals surface area contributed by atoms with Crippen LogP contribution in [0.5, 0.6) is 0 Å². The van der Waals surface area contributed by atoms with E-state index in [1.165, 1.54) is 6.20 Å². The van der Waals surface area contributed by atoms with Crippen LogP contribution < -0.4 is 15.1 Å². The van der Waals surface area contributed by atoms with Crippen LogP contribution in [0.15, 0.2) is 42.6 Å². The highest BCUT2D eigenvalue weighted by molar-refractivity contribution is 6.07. The van der Waals surface area contributed by atoms with E-state index in [-0.39, 0.29) is 5.91 Å². The average molecular weight is 432 g/mol. The highest BCUT2D eigenvalue weighted by Crippen LogP contribution is 2.29. The normalized spacial score (nSPS) is 18.6. The van der Waals surface area contributed by atoms with E-state index in [2.05, 4.69) is 4.98 Å². The molecule has 4 rings (SSSR count). The monoisotopic (exact) mass is 432 g/mol. The van der Waals surface area contributed by atoms with E-state index in [1.54, 1.807) is 17.0 Å². The summed E-state index contributed by atoms with van der Waals surface area (Å²) in [5.41, 5.74) is 2.53. The SMILES string of the molecule is O=C(NCC(F)(F)F)C1CCCN(c2ccc(C(=O)N3CCc4ccccc43)cn2)C1. The second kappa shape index (κ2) is 8.56. The van der Waals surface area contributed by atoms with Crippen molar-refractivity contribution in [2.45, 2.75) is 25.4 Å². The number of nitrogens with zero attached hydrogens (tertiary/aromatic N) is 3. The summed E-state index contributed by atoms with van der Waals surface area (Å²) in [5.74, 6) is -0.638. The van der Waals surface area contributed by atoms with Crippen molar-refractivity contribution in [3.8, 4) is 0 Å². The maximum atomic E-state index is 12.9. The number of amides is 2. The third kappa shape index (κ3) is 4.81. The molecule has 1 atom stereocenters. The molecule has 0 spiro atoms. The second-order valence-electron chi connectivity index (χ2n) is 7.86. The molecule has 1 fully saturated rings. The number of hydrogen-bond donors (Lipinski definition) is 1. The number of piperidine rings is 1. The predicted octanol–water partition coefficient (Wildman–Crippen LogP) is 3.18. The summed E-state index contributed by atoms with van der Waals surface area (Å²) < 4.78 is 37.1. The number of pyridine rings is 1. The number of rotatable bonds is 4. The standard InChI is InChI=1S/C22H23F3N4O2/c23-22(24,25)14-27-20(30)17-5-3-10-28(13-17)19-8-7-16(12-26-19)21(31)29-11-9-15-4-1-2-6-18(15)29/h1-2,4,6-8,12,17H,3,5,9-11,13-14H2,(H,27,30).